The molecule has 1 saturated carbocycles. The second-order valence-corrected chi connectivity index (χ2v) is 7.06. The Bertz CT molecular complexity index is 434. The molecule has 1 aliphatic carbocycles. The van der Waals surface area contributed by atoms with E-state index in [4.69, 9.17) is 17.3 Å². The Labute approximate surface area is 121 Å². The van der Waals surface area contributed by atoms with E-state index >= 15 is 0 Å². The van der Waals surface area contributed by atoms with Gasteiger partial charge in [-0.2, -0.15) is 0 Å². The van der Waals surface area contributed by atoms with E-state index in [0.29, 0.717) is 17.0 Å². The maximum atomic E-state index is 10.8. The van der Waals surface area contributed by atoms with Crippen LogP contribution in [-0.4, -0.2) is 11.7 Å². The van der Waals surface area contributed by atoms with Crippen LogP contribution < -0.4 is 5.73 Å². The molecule has 0 heterocycles. The molecule has 3 heteroatoms. The van der Waals surface area contributed by atoms with Crippen LogP contribution in [0.2, 0.25) is 5.02 Å². The van der Waals surface area contributed by atoms with Crippen molar-refractivity contribution >= 4 is 11.6 Å². The molecule has 1 aliphatic rings. The molecule has 1 aromatic carbocycles. The maximum absolute atomic E-state index is 10.8. The third kappa shape index (κ3) is 2.96. The molecule has 0 radical (unpaired) electrons. The van der Waals surface area contributed by atoms with Gasteiger partial charge in [0.25, 0.3) is 0 Å². The van der Waals surface area contributed by atoms with Gasteiger partial charge in [0, 0.05) is 17.0 Å². The van der Waals surface area contributed by atoms with Gasteiger partial charge in [-0.3, -0.25) is 0 Å². The van der Waals surface area contributed by atoms with Crippen molar-refractivity contribution < 1.29 is 5.11 Å². The highest BCUT2D eigenvalue weighted by atomic mass is 35.5. The lowest BCUT2D eigenvalue weighted by Gasteiger charge is -2.46. The van der Waals surface area contributed by atoms with Gasteiger partial charge in [-0.15, -0.1) is 0 Å². The van der Waals surface area contributed by atoms with E-state index in [9.17, 15) is 5.11 Å². The van der Waals surface area contributed by atoms with Crippen LogP contribution in [0.5, 0.6) is 0 Å². The van der Waals surface area contributed by atoms with E-state index in [1.807, 2.05) is 24.3 Å². The normalized spacial score (nSPS) is 23.0. The quantitative estimate of drug-likeness (QED) is 0.882. The van der Waals surface area contributed by atoms with Crippen molar-refractivity contribution in [2.75, 3.05) is 6.54 Å². The molecule has 0 aliphatic heterocycles. The molecule has 1 atom stereocenters. The molecular formula is C16H24ClNO. The average molecular weight is 282 g/mol. The van der Waals surface area contributed by atoms with Crippen molar-refractivity contribution in [3.63, 3.8) is 0 Å². The van der Waals surface area contributed by atoms with E-state index in [-0.39, 0.29) is 5.41 Å². The second-order valence-electron chi connectivity index (χ2n) is 6.65. The standard InChI is InChI=1S/C16H24ClNO/c1-15(2)7-9-16(11-18,10-8-15)14(19)12-5-3-4-6-13(12)17/h3-6,14,19H,7-11,18H2,1-2H3. The summed E-state index contributed by atoms with van der Waals surface area (Å²) >= 11 is 6.21. The summed E-state index contributed by atoms with van der Waals surface area (Å²) < 4.78 is 0. The van der Waals surface area contributed by atoms with Crippen LogP contribution in [0.3, 0.4) is 0 Å². The molecule has 1 fully saturated rings. The van der Waals surface area contributed by atoms with Crippen molar-refractivity contribution in [3.8, 4) is 0 Å². The van der Waals surface area contributed by atoms with E-state index in [2.05, 4.69) is 13.8 Å². The second kappa shape index (κ2) is 5.43. The lowest BCUT2D eigenvalue weighted by molar-refractivity contribution is -0.0235. The van der Waals surface area contributed by atoms with Gasteiger partial charge in [0.15, 0.2) is 0 Å². The molecule has 3 N–H and O–H groups in total. The molecule has 1 aromatic rings. The number of hydrogen-bond acceptors (Lipinski definition) is 2. The minimum Gasteiger partial charge on any atom is -0.388 e. The number of benzene rings is 1. The summed E-state index contributed by atoms with van der Waals surface area (Å²) in [7, 11) is 0. The van der Waals surface area contributed by atoms with Crippen molar-refractivity contribution in [3.05, 3.63) is 34.9 Å². The minimum absolute atomic E-state index is 0.222. The molecule has 2 nitrogen and oxygen atoms in total. The Morgan fingerprint density at radius 2 is 1.79 bits per heavy atom. The first-order valence-corrected chi connectivity index (χ1v) is 7.41. The molecule has 1 unspecified atom stereocenters. The van der Waals surface area contributed by atoms with Gasteiger partial charge in [-0.1, -0.05) is 43.6 Å². The topological polar surface area (TPSA) is 46.2 Å². The van der Waals surface area contributed by atoms with Gasteiger partial charge in [-0.25, -0.2) is 0 Å². The van der Waals surface area contributed by atoms with E-state index in [1.54, 1.807) is 0 Å². The zero-order valence-electron chi connectivity index (χ0n) is 11.8. The van der Waals surface area contributed by atoms with E-state index in [1.165, 1.54) is 0 Å². The highest BCUT2D eigenvalue weighted by Crippen LogP contribution is 2.51. The number of nitrogens with two attached hydrogens (primary N) is 1. The molecule has 19 heavy (non-hydrogen) atoms. The van der Waals surface area contributed by atoms with Gasteiger partial charge >= 0.3 is 0 Å². The summed E-state index contributed by atoms with van der Waals surface area (Å²) in [6.07, 6.45) is 3.56. The highest BCUT2D eigenvalue weighted by molar-refractivity contribution is 6.31. The van der Waals surface area contributed by atoms with Crippen molar-refractivity contribution in [2.24, 2.45) is 16.6 Å². The smallest absolute Gasteiger partial charge is 0.0872 e. The zero-order valence-corrected chi connectivity index (χ0v) is 12.6. The van der Waals surface area contributed by atoms with Crippen molar-refractivity contribution in [1.29, 1.82) is 0 Å². The fraction of sp³-hybridized carbons (Fsp3) is 0.625. The Kier molecular flexibility index (Phi) is 4.24. The number of halogens is 1. The van der Waals surface area contributed by atoms with Gasteiger partial charge < -0.3 is 10.8 Å². The molecule has 0 bridgehead atoms. The molecule has 0 amide bonds. The van der Waals surface area contributed by atoms with Crippen LogP contribution in [0, 0.1) is 10.8 Å². The van der Waals surface area contributed by atoms with Crippen LogP contribution in [0.15, 0.2) is 24.3 Å². The Morgan fingerprint density at radius 3 is 2.32 bits per heavy atom. The minimum atomic E-state index is -0.567. The van der Waals surface area contributed by atoms with Crippen molar-refractivity contribution in [1.82, 2.24) is 0 Å². The number of rotatable bonds is 3. The first-order valence-electron chi connectivity index (χ1n) is 7.03. The van der Waals surface area contributed by atoms with Gasteiger partial charge in [0.05, 0.1) is 6.10 Å². The monoisotopic (exact) mass is 281 g/mol. The maximum Gasteiger partial charge on any atom is 0.0872 e. The molecule has 0 saturated heterocycles. The predicted octanol–water partition coefficient (Wildman–Crippen LogP) is 3.92. The fourth-order valence-corrected chi connectivity index (χ4v) is 3.28. The van der Waals surface area contributed by atoms with Crippen LogP contribution in [0.4, 0.5) is 0 Å². The molecule has 106 valence electrons. The van der Waals surface area contributed by atoms with E-state index in [0.717, 1.165) is 31.2 Å². The Hall–Kier alpha value is -0.570. The lowest BCUT2D eigenvalue weighted by atomic mass is 9.62. The predicted molar refractivity (Wildman–Crippen MR) is 80.1 cm³/mol. The molecule has 0 spiro atoms. The molecule has 2 rings (SSSR count). The van der Waals surface area contributed by atoms with Crippen molar-refractivity contribution in [2.45, 2.75) is 45.6 Å². The summed E-state index contributed by atoms with van der Waals surface area (Å²) in [5.41, 5.74) is 6.96. The lowest BCUT2D eigenvalue weighted by Crippen LogP contribution is -2.42. The summed E-state index contributed by atoms with van der Waals surface area (Å²) in [6.45, 7) is 5.08. The summed E-state index contributed by atoms with van der Waals surface area (Å²) in [6, 6.07) is 7.54. The number of aliphatic hydroxyl groups excluding tert-OH is 1. The van der Waals surface area contributed by atoms with Gasteiger partial charge in [-0.05, 0) is 42.7 Å². The summed E-state index contributed by atoms with van der Waals surface area (Å²) in [5, 5.41) is 11.4. The molecule has 0 aromatic heterocycles. The van der Waals surface area contributed by atoms with Crippen LogP contribution in [-0.2, 0) is 0 Å². The molecular weight excluding hydrogens is 258 g/mol. The Balaban J connectivity index is 2.25. The van der Waals surface area contributed by atoms with Gasteiger partial charge in [0.1, 0.15) is 0 Å². The van der Waals surface area contributed by atoms with Crippen LogP contribution in [0.25, 0.3) is 0 Å². The zero-order chi connectivity index (χ0) is 14.1. The van der Waals surface area contributed by atoms with Gasteiger partial charge in [0.2, 0.25) is 0 Å². The average Bonchev–Trinajstić information content (AvgIpc) is 2.39. The summed E-state index contributed by atoms with van der Waals surface area (Å²) in [5.74, 6) is 0. The summed E-state index contributed by atoms with van der Waals surface area (Å²) in [4.78, 5) is 0. The highest BCUT2D eigenvalue weighted by Gasteiger charge is 2.43. The van der Waals surface area contributed by atoms with Crippen LogP contribution in [0.1, 0.15) is 51.2 Å². The third-order valence-corrected chi connectivity index (χ3v) is 5.13. The number of aliphatic hydroxyl groups is 1. The van der Waals surface area contributed by atoms with Crippen LogP contribution >= 0.6 is 11.6 Å². The Morgan fingerprint density at radius 1 is 1.21 bits per heavy atom. The SMILES string of the molecule is CC1(C)CCC(CN)(C(O)c2ccccc2Cl)CC1. The first-order chi connectivity index (χ1) is 8.90. The largest absolute Gasteiger partial charge is 0.388 e. The number of hydrogen-bond donors (Lipinski definition) is 2. The third-order valence-electron chi connectivity index (χ3n) is 4.79. The fourth-order valence-electron chi connectivity index (χ4n) is 3.04. The first kappa shape index (κ1) is 14.8. The van der Waals surface area contributed by atoms with E-state index < -0.39 is 6.10 Å².